The van der Waals surface area contributed by atoms with E-state index in [4.69, 9.17) is 10.7 Å². The molecule has 4 rings (SSSR count). The van der Waals surface area contributed by atoms with Crippen LogP contribution in [-0.4, -0.2) is 31.0 Å². The van der Waals surface area contributed by atoms with Gasteiger partial charge in [0.1, 0.15) is 5.82 Å². The molecule has 0 bridgehead atoms. The van der Waals surface area contributed by atoms with Crippen LogP contribution in [-0.2, 0) is 0 Å². The van der Waals surface area contributed by atoms with E-state index in [0.717, 1.165) is 25.7 Å². The van der Waals surface area contributed by atoms with Gasteiger partial charge >= 0.3 is 0 Å². The smallest absolute Gasteiger partial charge is 0.262 e. The normalized spacial score (nSPS) is 14.9. The Hall–Kier alpha value is -2.61. The molecule has 27 heavy (non-hydrogen) atoms. The van der Waals surface area contributed by atoms with E-state index in [9.17, 15) is 9.59 Å². The summed E-state index contributed by atoms with van der Waals surface area (Å²) in [7, 11) is 0. The van der Waals surface area contributed by atoms with E-state index in [1.54, 1.807) is 17.6 Å². The van der Waals surface area contributed by atoms with Gasteiger partial charge in [-0.25, -0.2) is 9.67 Å². The molecular weight excluding hydrogens is 362 g/mol. The van der Waals surface area contributed by atoms with Crippen LogP contribution >= 0.6 is 11.8 Å². The number of anilines is 1. The maximum Gasteiger partial charge on any atom is 0.262 e. The molecule has 140 valence electrons. The van der Waals surface area contributed by atoms with Gasteiger partial charge < -0.3 is 5.73 Å². The molecule has 0 spiro atoms. The van der Waals surface area contributed by atoms with Crippen molar-refractivity contribution in [3.63, 3.8) is 0 Å². The summed E-state index contributed by atoms with van der Waals surface area (Å²) in [6, 6.07) is 9.17. The number of nitrogens with zero attached hydrogens (tertiary/aromatic N) is 4. The van der Waals surface area contributed by atoms with Crippen LogP contribution in [0.4, 0.5) is 5.82 Å². The zero-order valence-electron chi connectivity index (χ0n) is 15.1. The number of aromatic nitrogens is 4. The highest BCUT2D eigenvalue weighted by Gasteiger charge is 2.23. The molecule has 0 unspecified atom stereocenters. The molecule has 1 saturated carbocycles. The van der Waals surface area contributed by atoms with E-state index < -0.39 is 0 Å². The van der Waals surface area contributed by atoms with Crippen molar-refractivity contribution in [2.45, 2.75) is 43.8 Å². The predicted octanol–water partition coefficient (Wildman–Crippen LogP) is 3.03. The molecule has 7 nitrogen and oxygen atoms in total. The first-order valence-corrected chi connectivity index (χ1v) is 10.0. The van der Waals surface area contributed by atoms with E-state index in [1.165, 1.54) is 16.4 Å². The average molecular weight is 383 g/mol. The number of nitrogens with two attached hydrogens (primary N) is 1. The third kappa shape index (κ3) is 3.37. The molecule has 1 aromatic carbocycles. The summed E-state index contributed by atoms with van der Waals surface area (Å²) in [6.07, 6.45) is 4.16. The third-order valence-electron chi connectivity index (χ3n) is 4.93. The second-order valence-corrected chi connectivity index (χ2v) is 7.77. The summed E-state index contributed by atoms with van der Waals surface area (Å²) in [6.45, 7) is 1.79. The molecule has 8 heteroatoms. The second kappa shape index (κ2) is 7.19. The van der Waals surface area contributed by atoms with Crippen LogP contribution in [0.5, 0.6) is 0 Å². The summed E-state index contributed by atoms with van der Waals surface area (Å²) >= 11 is 1.28. The Morgan fingerprint density at radius 3 is 2.74 bits per heavy atom. The number of hydrogen-bond acceptors (Lipinski definition) is 6. The van der Waals surface area contributed by atoms with Crippen molar-refractivity contribution in [2.75, 3.05) is 11.5 Å². The number of fused-ring (bicyclic) bond motifs is 1. The Balaban J connectivity index is 1.69. The lowest BCUT2D eigenvalue weighted by Crippen LogP contribution is -2.27. The monoisotopic (exact) mass is 383 g/mol. The second-order valence-electron chi connectivity index (χ2n) is 6.83. The topological polar surface area (TPSA) is 95.8 Å². The van der Waals surface area contributed by atoms with Crippen LogP contribution in [0.1, 0.15) is 42.2 Å². The number of thioether (sulfide) groups is 1. The van der Waals surface area contributed by atoms with Gasteiger partial charge in [-0.05, 0) is 31.9 Å². The van der Waals surface area contributed by atoms with Crippen molar-refractivity contribution < 1.29 is 4.79 Å². The highest BCUT2D eigenvalue weighted by molar-refractivity contribution is 7.99. The fourth-order valence-electron chi connectivity index (χ4n) is 3.65. The van der Waals surface area contributed by atoms with E-state index in [-0.39, 0.29) is 23.3 Å². The third-order valence-corrected chi connectivity index (χ3v) is 5.87. The van der Waals surface area contributed by atoms with Gasteiger partial charge in [-0.1, -0.05) is 36.7 Å². The van der Waals surface area contributed by atoms with E-state index >= 15 is 0 Å². The molecular formula is C19H21N5O2S. The Morgan fingerprint density at radius 1 is 1.30 bits per heavy atom. The molecule has 0 saturated heterocycles. The molecule has 0 atom stereocenters. The van der Waals surface area contributed by atoms with Gasteiger partial charge in [0, 0.05) is 17.8 Å². The van der Waals surface area contributed by atoms with Gasteiger partial charge in [-0.15, -0.1) is 5.10 Å². The van der Waals surface area contributed by atoms with Crippen LogP contribution in [0.15, 0.2) is 40.3 Å². The number of carbonyl (C=O) groups excluding carboxylic acids is 1. The molecule has 2 aromatic heterocycles. The minimum Gasteiger partial charge on any atom is -0.382 e. The molecule has 2 N–H and O–H groups in total. The molecule has 1 aliphatic carbocycles. The van der Waals surface area contributed by atoms with Crippen LogP contribution in [0.2, 0.25) is 0 Å². The molecule has 0 aliphatic heterocycles. The predicted molar refractivity (Wildman–Crippen MR) is 106 cm³/mol. The zero-order chi connectivity index (χ0) is 19.0. The van der Waals surface area contributed by atoms with E-state index in [2.05, 4.69) is 5.10 Å². The van der Waals surface area contributed by atoms with Crippen molar-refractivity contribution in [3.05, 3.63) is 46.4 Å². The van der Waals surface area contributed by atoms with Gasteiger partial charge in [0.05, 0.1) is 16.7 Å². The fourth-order valence-corrected chi connectivity index (χ4v) is 4.56. The van der Waals surface area contributed by atoms with Gasteiger partial charge in [0.15, 0.2) is 5.16 Å². The summed E-state index contributed by atoms with van der Waals surface area (Å²) in [5.41, 5.74) is 6.99. The first-order valence-electron chi connectivity index (χ1n) is 9.04. The molecule has 1 aliphatic rings. The minimum absolute atomic E-state index is 0.0260. The zero-order valence-corrected chi connectivity index (χ0v) is 15.9. The summed E-state index contributed by atoms with van der Waals surface area (Å²) in [4.78, 5) is 30.3. The van der Waals surface area contributed by atoms with Gasteiger partial charge in [0.25, 0.3) is 11.5 Å². The van der Waals surface area contributed by atoms with E-state index in [0.29, 0.717) is 27.6 Å². The number of rotatable bonds is 4. The summed E-state index contributed by atoms with van der Waals surface area (Å²) in [5.74, 6) is 0.270. The standard InChI is InChI=1S/C19H21N5O2S/c1-12-10-16(20)22-24(12)17(25)11-27-19-21-15-9-5-4-8-14(15)18(26)23(19)13-6-2-3-7-13/h4-5,8-10,13H,2-3,6-7,11H2,1H3,(H2,20,22). The number of para-hydroxylation sites is 1. The molecule has 0 radical (unpaired) electrons. The molecule has 3 aromatic rings. The Labute approximate surface area is 160 Å². The van der Waals surface area contributed by atoms with Crippen LogP contribution in [0.25, 0.3) is 10.9 Å². The lowest BCUT2D eigenvalue weighted by Gasteiger charge is -2.18. The molecule has 0 amide bonds. The average Bonchev–Trinajstić information content (AvgIpc) is 3.29. The highest BCUT2D eigenvalue weighted by atomic mass is 32.2. The van der Waals surface area contributed by atoms with Gasteiger partial charge in [0.2, 0.25) is 0 Å². The van der Waals surface area contributed by atoms with E-state index in [1.807, 2.05) is 24.3 Å². The van der Waals surface area contributed by atoms with Crippen molar-refractivity contribution in [3.8, 4) is 0 Å². The van der Waals surface area contributed by atoms with Crippen LogP contribution < -0.4 is 11.3 Å². The Morgan fingerprint density at radius 2 is 2.04 bits per heavy atom. The lowest BCUT2D eigenvalue weighted by molar-refractivity contribution is 0.0924. The summed E-state index contributed by atoms with van der Waals surface area (Å²) in [5, 5.41) is 5.25. The van der Waals surface area contributed by atoms with Crippen molar-refractivity contribution in [2.24, 2.45) is 0 Å². The van der Waals surface area contributed by atoms with Gasteiger partial charge in [-0.3, -0.25) is 14.2 Å². The summed E-state index contributed by atoms with van der Waals surface area (Å²) < 4.78 is 3.10. The molecule has 2 heterocycles. The SMILES string of the molecule is Cc1cc(N)nn1C(=O)CSc1nc2ccccc2c(=O)n1C1CCCC1. The minimum atomic E-state index is -0.186. The maximum atomic E-state index is 13.1. The van der Waals surface area contributed by atoms with Gasteiger partial charge in [-0.2, -0.15) is 0 Å². The quantitative estimate of drug-likeness (QED) is 0.549. The Kier molecular flexibility index (Phi) is 4.73. The number of hydrogen-bond donors (Lipinski definition) is 1. The van der Waals surface area contributed by atoms with Crippen molar-refractivity contribution in [1.82, 2.24) is 19.3 Å². The fraction of sp³-hybridized carbons (Fsp3) is 0.368. The van der Waals surface area contributed by atoms with Crippen molar-refractivity contribution >= 4 is 34.4 Å². The Bertz CT molecular complexity index is 1070. The highest BCUT2D eigenvalue weighted by Crippen LogP contribution is 2.32. The van der Waals surface area contributed by atoms with Crippen LogP contribution in [0, 0.1) is 6.92 Å². The first-order chi connectivity index (χ1) is 13.0. The van der Waals surface area contributed by atoms with Crippen LogP contribution in [0.3, 0.4) is 0 Å². The lowest BCUT2D eigenvalue weighted by atomic mass is 10.2. The number of nitrogen functional groups attached to an aromatic ring is 1. The maximum absolute atomic E-state index is 13.1. The largest absolute Gasteiger partial charge is 0.382 e. The molecule has 1 fully saturated rings. The number of benzene rings is 1. The number of aryl methyl sites for hydroxylation is 1. The van der Waals surface area contributed by atoms with Crippen molar-refractivity contribution in [1.29, 1.82) is 0 Å². The number of carbonyl (C=O) groups is 1. The first kappa shape index (κ1) is 17.8.